The summed E-state index contributed by atoms with van der Waals surface area (Å²) in [6, 6.07) is 7.32. The zero-order valence-corrected chi connectivity index (χ0v) is 12.0. The van der Waals surface area contributed by atoms with E-state index in [2.05, 4.69) is 15.9 Å². The number of benzene rings is 1. The Hall–Kier alpha value is -1.29. The van der Waals surface area contributed by atoms with Gasteiger partial charge in [-0.3, -0.25) is 0 Å². The molecule has 0 saturated heterocycles. The third-order valence-electron chi connectivity index (χ3n) is 3.01. The van der Waals surface area contributed by atoms with Crippen molar-refractivity contribution in [3.63, 3.8) is 0 Å². The van der Waals surface area contributed by atoms with E-state index >= 15 is 0 Å². The van der Waals surface area contributed by atoms with Crippen molar-refractivity contribution < 1.29 is 9.90 Å². The topological polar surface area (TPSA) is 42.2 Å². The molecule has 0 unspecified atom stereocenters. The molecule has 1 aromatic heterocycles. The third kappa shape index (κ3) is 2.43. The van der Waals surface area contributed by atoms with Gasteiger partial charge in [-0.2, -0.15) is 0 Å². The molecule has 2 aromatic rings. The second-order valence-electron chi connectivity index (χ2n) is 4.89. The molecule has 0 aliphatic carbocycles. The van der Waals surface area contributed by atoms with Gasteiger partial charge in [0.25, 0.3) is 0 Å². The molecule has 0 aliphatic heterocycles. The number of hydrogen-bond donors (Lipinski definition) is 1. The zero-order valence-electron chi connectivity index (χ0n) is 10.4. The Morgan fingerprint density at radius 3 is 2.67 bits per heavy atom. The Balaban J connectivity index is 2.54. The second-order valence-corrected chi connectivity index (χ2v) is 5.74. The summed E-state index contributed by atoms with van der Waals surface area (Å²) in [5, 5.41) is 10.5. The number of fused-ring (bicyclic) bond motifs is 1. The van der Waals surface area contributed by atoms with E-state index in [9.17, 15) is 9.90 Å². The van der Waals surface area contributed by atoms with Gasteiger partial charge in [0.2, 0.25) is 0 Å². The minimum absolute atomic E-state index is 0.339. The molecule has 2 rings (SSSR count). The number of rotatable bonds is 4. The molecule has 0 fully saturated rings. The van der Waals surface area contributed by atoms with Crippen LogP contribution in [-0.4, -0.2) is 15.6 Å². The van der Waals surface area contributed by atoms with Gasteiger partial charge in [-0.25, -0.2) is 4.79 Å². The van der Waals surface area contributed by atoms with Crippen molar-refractivity contribution in [3.05, 3.63) is 34.9 Å². The van der Waals surface area contributed by atoms with Crippen LogP contribution in [0.3, 0.4) is 0 Å². The first kappa shape index (κ1) is 13.1. The molecule has 0 spiro atoms. The number of carboxylic acid groups (broad SMARTS) is 1. The molecular weight excluding hydrogens is 294 g/mol. The maximum atomic E-state index is 11.5. The maximum Gasteiger partial charge on any atom is 0.326 e. The number of carboxylic acids is 1. The van der Waals surface area contributed by atoms with Crippen LogP contribution in [-0.2, 0) is 4.79 Å². The Kier molecular flexibility index (Phi) is 3.76. The van der Waals surface area contributed by atoms with E-state index in [1.807, 2.05) is 48.9 Å². The highest BCUT2D eigenvalue weighted by Gasteiger charge is 2.22. The van der Waals surface area contributed by atoms with E-state index in [4.69, 9.17) is 0 Å². The summed E-state index contributed by atoms with van der Waals surface area (Å²) in [7, 11) is 0. The van der Waals surface area contributed by atoms with E-state index in [1.54, 1.807) is 0 Å². The van der Waals surface area contributed by atoms with Crippen molar-refractivity contribution in [1.29, 1.82) is 0 Å². The maximum absolute atomic E-state index is 11.5. The highest BCUT2D eigenvalue weighted by Crippen LogP contribution is 2.30. The van der Waals surface area contributed by atoms with Gasteiger partial charge in [0, 0.05) is 21.6 Å². The molecule has 1 atom stereocenters. The van der Waals surface area contributed by atoms with E-state index in [0.717, 1.165) is 15.4 Å². The van der Waals surface area contributed by atoms with Crippen molar-refractivity contribution >= 4 is 32.8 Å². The number of nitrogens with zero attached hydrogens (tertiary/aromatic N) is 1. The van der Waals surface area contributed by atoms with Crippen LogP contribution in [0, 0.1) is 5.92 Å². The third-order valence-corrected chi connectivity index (χ3v) is 3.64. The summed E-state index contributed by atoms with van der Waals surface area (Å²) in [6.45, 7) is 4.08. The van der Waals surface area contributed by atoms with Crippen molar-refractivity contribution in [2.24, 2.45) is 5.92 Å². The molecule has 1 N–H and O–H groups in total. The van der Waals surface area contributed by atoms with Crippen LogP contribution < -0.4 is 0 Å². The SMILES string of the molecule is CC(C)C[C@H](C(=O)O)n1cc(Br)c2ccccc21. The standard InChI is InChI=1S/C14H16BrNO2/c1-9(2)7-13(14(17)18)16-8-11(15)10-5-3-4-6-12(10)16/h3-6,8-9,13H,7H2,1-2H3,(H,17,18)/t13-/m1/s1. The number of hydrogen-bond acceptors (Lipinski definition) is 1. The molecule has 0 bridgehead atoms. The number of para-hydroxylation sites is 1. The van der Waals surface area contributed by atoms with Crippen molar-refractivity contribution in [3.8, 4) is 0 Å². The molecule has 4 heteroatoms. The number of aliphatic carboxylic acids is 1. The quantitative estimate of drug-likeness (QED) is 0.924. The second kappa shape index (κ2) is 5.14. The van der Waals surface area contributed by atoms with Gasteiger partial charge in [-0.15, -0.1) is 0 Å². The molecule has 0 radical (unpaired) electrons. The largest absolute Gasteiger partial charge is 0.480 e. The monoisotopic (exact) mass is 309 g/mol. The summed E-state index contributed by atoms with van der Waals surface area (Å²) >= 11 is 3.49. The van der Waals surface area contributed by atoms with Gasteiger partial charge in [0.1, 0.15) is 6.04 Å². The van der Waals surface area contributed by atoms with Crippen LogP contribution in [0.2, 0.25) is 0 Å². The molecule has 96 valence electrons. The Bertz CT molecular complexity index is 574. The highest BCUT2D eigenvalue weighted by atomic mass is 79.9. The lowest BCUT2D eigenvalue weighted by Gasteiger charge is -2.17. The van der Waals surface area contributed by atoms with Gasteiger partial charge in [-0.05, 0) is 34.3 Å². The number of halogens is 1. The number of carbonyl (C=O) groups is 1. The molecule has 0 saturated carbocycles. The number of aromatic nitrogens is 1. The van der Waals surface area contributed by atoms with Gasteiger partial charge in [0.15, 0.2) is 0 Å². The minimum atomic E-state index is -0.781. The first-order valence-electron chi connectivity index (χ1n) is 5.98. The lowest BCUT2D eigenvalue weighted by atomic mass is 10.0. The van der Waals surface area contributed by atoms with Crippen LogP contribution >= 0.6 is 15.9 Å². The van der Waals surface area contributed by atoms with Crippen molar-refractivity contribution in [2.75, 3.05) is 0 Å². The average molecular weight is 310 g/mol. The summed E-state index contributed by atoms with van der Waals surface area (Å²) in [6.07, 6.45) is 2.49. The Morgan fingerprint density at radius 1 is 1.39 bits per heavy atom. The summed E-state index contributed by atoms with van der Waals surface area (Å²) in [5.41, 5.74) is 0.956. The van der Waals surface area contributed by atoms with Gasteiger partial charge < -0.3 is 9.67 Å². The van der Waals surface area contributed by atoms with E-state index in [0.29, 0.717) is 12.3 Å². The predicted octanol–water partition coefficient (Wildman–Crippen LogP) is 4.08. The average Bonchev–Trinajstić information content (AvgIpc) is 2.64. The van der Waals surface area contributed by atoms with E-state index in [1.165, 1.54) is 0 Å². The lowest BCUT2D eigenvalue weighted by Crippen LogP contribution is -2.20. The highest BCUT2D eigenvalue weighted by molar-refractivity contribution is 9.10. The van der Waals surface area contributed by atoms with Crippen LogP contribution in [0.4, 0.5) is 0 Å². The zero-order chi connectivity index (χ0) is 13.3. The van der Waals surface area contributed by atoms with Crippen LogP contribution in [0.15, 0.2) is 34.9 Å². The van der Waals surface area contributed by atoms with Crippen LogP contribution in [0.25, 0.3) is 10.9 Å². The van der Waals surface area contributed by atoms with E-state index < -0.39 is 12.0 Å². The van der Waals surface area contributed by atoms with Crippen molar-refractivity contribution in [2.45, 2.75) is 26.3 Å². The fourth-order valence-electron chi connectivity index (χ4n) is 2.20. The molecule has 1 aromatic carbocycles. The van der Waals surface area contributed by atoms with Crippen LogP contribution in [0.5, 0.6) is 0 Å². The Morgan fingerprint density at radius 2 is 2.06 bits per heavy atom. The van der Waals surface area contributed by atoms with Gasteiger partial charge in [-0.1, -0.05) is 32.0 Å². The smallest absolute Gasteiger partial charge is 0.326 e. The minimum Gasteiger partial charge on any atom is -0.480 e. The molecular formula is C14H16BrNO2. The molecule has 0 amide bonds. The summed E-state index contributed by atoms with van der Waals surface area (Å²) in [4.78, 5) is 11.5. The molecule has 18 heavy (non-hydrogen) atoms. The predicted molar refractivity (Wildman–Crippen MR) is 75.8 cm³/mol. The fraction of sp³-hybridized carbons (Fsp3) is 0.357. The lowest BCUT2D eigenvalue weighted by molar-refractivity contribution is -0.141. The Labute approximate surface area is 115 Å². The normalized spacial score (nSPS) is 13.1. The van der Waals surface area contributed by atoms with Gasteiger partial charge >= 0.3 is 5.97 Å². The van der Waals surface area contributed by atoms with Gasteiger partial charge in [0.05, 0.1) is 0 Å². The van der Waals surface area contributed by atoms with E-state index in [-0.39, 0.29) is 0 Å². The molecule has 1 heterocycles. The summed E-state index contributed by atoms with van der Waals surface area (Å²) < 4.78 is 2.79. The first-order chi connectivity index (χ1) is 8.50. The fourth-order valence-corrected chi connectivity index (χ4v) is 2.76. The van der Waals surface area contributed by atoms with Crippen molar-refractivity contribution in [1.82, 2.24) is 4.57 Å². The molecule has 3 nitrogen and oxygen atoms in total. The first-order valence-corrected chi connectivity index (χ1v) is 6.78. The van der Waals surface area contributed by atoms with Crippen LogP contribution in [0.1, 0.15) is 26.3 Å². The summed E-state index contributed by atoms with van der Waals surface area (Å²) in [5.74, 6) is -0.442. The molecule has 0 aliphatic rings.